The van der Waals surface area contributed by atoms with Crippen molar-refractivity contribution in [2.24, 2.45) is 11.8 Å². The van der Waals surface area contributed by atoms with Gasteiger partial charge in [0.15, 0.2) is 0 Å². The van der Waals surface area contributed by atoms with Crippen LogP contribution in [0.15, 0.2) is 47.4 Å². The summed E-state index contributed by atoms with van der Waals surface area (Å²) in [6.07, 6.45) is 3.77. The molecule has 2 aliphatic rings. The molecule has 0 spiro atoms. The van der Waals surface area contributed by atoms with E-state index in [9.17, 15) is 13.2 Å². The Balaban J connectivity index is 1.63. The number of piperidine rings is 2. The Bertz CT molecular complexity index is 1120. The molecule has 0 atom stereocenters. The van der Waals surface area contributed by atoms with E-state index in [1.165, 1.54) is 0 Å². The largest absolute Gasteiger partial charge is 0.494 e. The van der Waals surface area contributed by atoms with E-state index in [1.807, 2.05) is 13.0 Å². The van der Waals surface area contributed by atoms with Crippen molar-refractivity contribution in [2.75, 3.05) is 43.0 Å². The first kappa shape index (κ1) is 25.5. The molecule has 4 rings (SSSR count). The highest BCUT2D eigenvalue weighted by molar-refractivity contribution is 7.89. The van der Waals surface area contributed by atoms with E-state index in [1.54, 1.807) is 40.7 Å². The number of ether oxygens (including phenoxy) is 1. The number of amides is 1. The SMILES string of the molecule is CCOc1ccc(NC(=O)c2ccc(N3CCC(C)CC3)c(S(=O)(=O)N3CCC(C)CC3)c2)cc1. The number of sulfonamides is 1. The van der Waals surface area contributed by atoms with E-state index in [4.69, 9.17) is 4.74 Å². The summed E-state index contributed by atoms with van der Waals surface area (Å²) in [4.78, 5) is 15.5. The third-order valence-corrected chi connectivity index (χ3v) is 9.06. The van der Waals surface area contributed by atoms with Gasteiger partial charge in [0.05, 0.1) is 12.3 Å². The van der Waals surface area contributed by atoms with Crippen molar-refractivity contribution in [2.45, 2.75) is 51.3 Å². The van der Waals surface area contributed by atoms with Crippen LogP contribution in [0.1, 0.15) is 56.8 Å². The first-order chi connectivity index (χ1) is 16.8. The number of nitrogens with zero attached hydrogens (tertiary/aromatic N) is 2. The quantitative estimate of drug-likeness (QED) is 0.580. The van der Waals surface area contributed by atoms with Gasteiger partial charge in [0, 0.05) is 37.4 Å². The molecule has 2 fully saturated rings. The molecular weight excluding hydrogens is 462 g/mol. The zero-order chi connectivity index (χ0) is 25.0. The molecule has 0 radical (unpaired) electrons. The molecule has 1 amide bonds. The van der Waals surface area contributed by atoms with Crippen LogP contribution in [-0.4, -0.2) is 51.4 Å². The highest BCUT2D eigenvalue weighted by Gasteiger charge is 2.32. The molecule has 0 bridgehead atoms. The number of carbonyl (C=O) groups is 1. The third kappa shape index (κ3) is 5.98. The van der Waals surface area contributed by atoms with Crippen LogP contribution < -0.4 is 15.0 Å². The van der Waals surface area contributed by atoms with Gasteiger partial charge in [-0.2, -0.15) is 4.31 Å². The second kappa shape index (κ2) is 11.0. The van der Waals surface area contributed by atoms with Gasteiger partial charge in [0.25, 0.3) is 5.91 Å². The Kier molecular flexibility index (Phi) is 8.02. The van der Waals surface area contributed by atoms with Gasteiger partial charge >= 0.3 is 0 Å². The molecule has 190 valence electrons. The molecule has 35 heavy (non-hydrogen) atoms. The molecule has 0 saturated carbocycles. The Morgan fingerprint density at radius 1 is 0.943 bits per heavy atom. The molecule has 2 heterocycles. The molecule has 8 heteroatoms. The van der Waals surface area contributed by atoms with Crippen LogP contribution >= 0.6 is 0 Å². The van der Waals surface area contributed by atoms with Crippen LogP contribution in [0.3, 0.4) is 0 Å². The van der Waals surface area contributed by atoms with Crippen LogP contribution in [0.4, 0.5) is 11.4 Å². The number of hydrogen-bond donors (Lipinski definition) is 1. The van der Waals surface area contributed by atoms with E-state index in [2.05, 4.69) is 24.1 Å². The summed E-state index contributed by atoms with van der Waals surface area (Å²) in [5.74, 6) is 1.55. The van der Waals surface area contributed by atoms with Gasteiger partial charge in [0.1, 0.15) is 10.6 Å². The van der Waals surface area contributed by atoms with Gasteiger partial charge in [-0.25, -0.2) is 8.42 Å². The van der Waals surface area contributed by atoms with E-state index in [0.29, 0.717) is 48.5 Å². The van der Waals surface area contributed by atoms with Gasteiger partial charge in [-0.15, -0.1) is 0 Å². The lowest BCUT2D eigenvalue weighted by atomic mass is 9.98. The molecule has 0 unspecified atom stereocenters. The van der Waals surface area contributed by atoms with Crippen LogP contribution in [0.2, 0.25) is 0 Å². The average Bonchev–Trinajstić information content (AvgIpc) is 2.86. The van der Waals surface area contributed by atoms with Gasteiger partial charge in [0.2, 0.25) is 10.0 Å². The van der Waals surface area contributed by atoms with Crippen LogP contribution in [0.5, 0.6) is 5.75 Å². The third-order valence-electron chi connectivity index (χ3n) is 7.13. The second-order valence-electron chi connectivity index (χ2n) is 9.85. The Morgan fingerprint density at radius 3 is 2.14 bits per heavy atom. The van der Waals surface area contributed by atoms with Gasteiger partial charge in [-0.1, -0.05) is 13.8 Å². The summed E-state index contributed by atoms with van der Waals surface area (Å²) in [6, 6.07) is 12.2. The number of anilines is 2. The van der Waals surface area contributed by atoms with Crippen LogP contribution in [0, 0.1) is 11.8 Å². The molecule has 1 N–H and O–H groups in total. The molecule has 2 aliphatic heterocycles. The van der Waals surface area contributed by atoms with E-state index in [0.717, 1.165) is 44.5 Å². The first-order valence-corrected chi connectivity index (χ1v) is 14.1. The molecule has 2 aromatic carbocycles. The molecule has 0 aromatic heterocycles. The highest BCUT2D eigenvalue weighted by Crippen LogP contribution is 2.34. The fourth-order valence-corrected chi connectivity index (χ4v) is 6.45. The summed E-state index contributed by atoms with van der Waals surface area (Å²) in [7, 11) is -3.72. The average molecular weight is 500 g/mol. The minimum Gasteiger partial charge on any atom is -0.494 e. The summed E-state index contributed by atoms with van der Waals surface area (Å²) in [5, 5.41) is 2.88. The Labute approximate surface area is 209 Å². The zero-order valence-corrected chi connectivity index (χ0v) is 21.8. The molecule has 7 nitrogen and oxygen atoms in total. The van der Waals surface area contributed by atoms with E-state index >= 15 is 0 Å². The van der Waals surface area contributed by atoms with Crippen molar-refractivity contribution in [3.05, 3.63) is 48.0 Å². The normalized spacial score (nSPS) is 18.4. The Hall–Kier alpha value is -2.58. The van der Waals surface area contributed by atoms with Crippen LogP contribution in [0.25, 0.3) is 0 Å². The van der Waals surface area contributed by atoms with Crippen LogP contribution in [-0.2, 0) is 10.0 Å². The predicted octanol–water partition coefficient (Wildman–Crippen LogP) is 4.99. The molecule has 0 aliphatic carbocycles. The van der Waals surface area contributed by atoms with Crippen molar-refractivity contribution >= 4 is 27.3 Å². The maximum atomic E-state index is 13.8. The summed E-state index contributed by atoms with van der Waals surface area (Å²) < 4.78 is 34.7. The number of nitrogens with one attached hydrogen (secondary N) is 1. The lowest BCUT2D eigenvalue weighted by molar-refractivity contribution is 0.102. The summed E-state index contributed by atoms with van der Waals surface area (Å²) in [6.45, 7) is 9.55. The first-order valence-electron chi connectivity index (χ1n) is 12.7. The monoisotopic (exact) mass is 499 g/mol. The van der Waals surface area contributed by atoms with Crippen molar-refractivity contribution in [1.82, 2.24) is 4.31 Å². The fraction of sp³-hybridized carbons (Fsp3) is 0.519. The van der Waals surface area contributed by atoms with E-state index < -0.39 is 10.0 Å². The predicted molar refractivity (Wildman–Crippen MR) is 140 cm³/mol. The van der Waals surface area contributed by atoms with Crippen molar-refractivity contribution in [3.8, 4) is 5.75 Å². The molecule has 2 aromatic rings. The number of benzene rings is 2. The lowest BCUT2D eigenvalue weighted by Gasteiger charge is -2.35. The van der Waals surface area contributed by atoms with Crippen molar-refractivity contribution in [1.29, 1.82) is 0 Å². The standard InChI is InChI=1S/C27H37N3O4S/c1-4-34-24-8-6-23(7-9-24)28-27(31)22-5-10-25(29-15-11-20(2)12-16-29)26(19-22)35(32,33)30-17-13-21(3)14-18-30/h5-10,19-21H,4,11-18H2,1-3H3,(H,28,31). The summed E-state index contributed by atoms with van der Waals surface area (Å²) >= 11 is 0. The van der Waals surface area contributed by atoms with Crippen molar-refractivity contribution < 1.29 is 17.9 Å². The van der Waals surface area contributed by atoms with Crippen molar-refractivity contribution in [3.63, 3.8) is 0 Å². The maximum absolute atomic E-state index is 13.8. The Morgan fingerprint density at radius 2 is 1.54 bits per heavy atom. The summed E-state index contributed by atoms with van der Waals surface area (Å²) in [5.41, 5.74) is 1.66. The molecule has 2 saturated heterocycles. The number of rotatable bonds is 7. The topological polar surface area (TPSA) is 79.0 Å². The molecular formula is C27H37N3O4S. The fourth-order valence-electron chi connectivity index (χ4n) is 4.74. The van der Waals surface area contributed by atoms with Gasteiger partial charge in [-0.3, -0.25) is 4.79 Å². The van der Waals surface area contributed by atoms with Gasteiger partial charge in [-0.05, 0) is 86.9 Å². The zero-order valence-electron chi connectivity index (χ0n) is 21.0. The number of carbonyl (C=O) groups excluding carboxylic acids is 1. The highest BCUT2D eigenvalue weighted by atomic mass is 32.2. The second-order valence-corrected chi connectivity index (χ2v) is 11.8. The van der Waals surface area contributed by atoms with Gasteiger partial charge < -0.3 is 15.0 Å². The maximum Gasteiger partial charge on any atom is 0.255 e. The van der Waals surface area contributed by atoms with E-state index in [-0.39, 0.29) is 10.8 Å². The smallest absolute Gasteiger partial charge is 0.255 e. The minimum absolute atomic E-state index is 0.237. The minimum atomic E-state index is -3.72. The lowest BCUT2D eigenvalue weighted by Crippen LogP contribution is -2.39. The number of hydrogen-bond acceptors (Lipinski definition) is 5.